The molecule has 0 aromatic heterocycles. The highest BCUT2D eigenvalue weighted by molar-refractivity contribution is 5.05. The topological polar surface area (TPSA) is 27.7 Å². The molecule has 98 valence electrons. The fourth-order valence-electron chi connectivity index (χ4n) is 1.83. The lowest BCUT2D eigenvalue weighted by atomic mass is 10.1. The minimum Gasteiger partial charge on any atom is -0.498 e. The Morgan fingerprint density at radius 1 is 1.00 bits per heavy atom. The van der Waals surface area contributed by atoms with Gasteiger partial charge < -0.3 is 14.2 Å². The molecule has 0 radical (unpaired) electrons. The second kappa shape index (κ2) is 4.99. The van der Waals surface area contributed by atoms with Gasteiger partial charge in [0.15, 0.2) is 0 Å². The summed E-state index contributed by atoms with van der Waals surface area (Å²) in [6.07, 6.45) is 2.73. The molecule has 1 aliphatic heterocycles. The van der Waals surface area contributed by atoms with E-state index in [2.05, 4.69) is 20.8 Å². The maximum absolute atomic E-state index is 5.91. The zero-order valence-electron chi connectivity index (χ0n) is 11.4. The van der Waals surface area contributed by atoms with Gasteiger partial charge >= 0.3 is 0 Å². The molecule has 0 N–H and O–H groups in total. The highest BCUT2D eigenvalue weighted by Crippen LogP contribution is 2.46. The molecule has 1 saturated carbocycles. The number of ether oxygens (including phenoxy) is 3. The smallest absolute Gasteiger partial charge is 0.0955 e. The molecule has 1 fully saturated rings. The van der Waals surface area contributed by atoms with E-state index < -0.39 is 0 Å². The summed E-state index contributed by atoms with van der Waals surface area (Å²) < 4.78 is 17.6. The molecule has 0 aromatic carbocycles. The third-order valence-electron chi connectivity index (χ3n) is 4.03. The summed E-state index contributed by atoms with van der Waals surface area (Å²) in [4.78, 5) is 0. The van der Waals surface area contributed by atoms with Gasteiger partial charge in [0.2, 0.25) is 0 Å². The lowest BCUT2D eigenvalue weighted by molar-refractivity contribution is -0.0653. The van der Waals surface area contributed by atoms with E-state index in [0.29, 0.717) is 6.61 Å². The molecule has 1 spiro atoms. The Morgan fingerprint density at radius 3 is 2.29 bits per heavy atom. The van der Waals surface area contributed by atoms with Gasteiger partial charge in [0, 0.05) is 5.41 Å². The molecule has 2 atom stereocenters. The van der Waals surface area contributed by atoms with E-state index in [1.54, 1.807) is 0 Å². The van der Waals surface area contributed by atoms with Crippen molar-refractivity contribution >= 4 is 0 Å². The second-order valence-electron chi connectivity index (χ2n) is 5.66. The lowest BCUT2D eigenvalue weighted by Gasteiger charge is -2.23. The molecule has 1 aliphatic carbocycles. The Bertz CT molecular complexity index is 305. The van der Waals surface area contributed by atoms with E-state index in [9.17, 15) is 0 Å². The minimum absolute atomic E-state index is 0.131. The van der Waals surface area contributed by atoms with Crippen LogP contribution in [0.4, 0.5) is 0 Å². The van der Waals surface area contributed by atoms with Crippen molar-refractivity contribution in [3.05, 3.63) is 11.3 Å². The molecule has 2 aliphatic rings. The summed E-state index contributed by atoms with van der Waals surface area (Å²) in [7, 11) is 0. The minimum atomic E-state index is 0.131. The first-order valence-electron chi connectivity index (χ1n) is 6.55. The van der Waals surface area contributed by atoms with Crippen LogP contribution in [0, 0.1) is 5.41 Å². The van der Waals surface area contributed by atoms with Gasteiger partial charge in [-0.25, -0.2) is 0 Å². The summed E-state index contributed by atoms with van der Waals surface area (Å²) in [5.41, 5.74) is 1.46. The van der Waals surface area contributed by atoms with Crippen molar-refractivity contribution in [3.8, 4) is 0 Å². The van der Waals surface area contributed by atoms with Gasteiger partial charge in [-0.1, -0.05) is 0 Å². The molecule has 0 amide bonds. The SMILES string of the molecule is C/C1=C(\C)OCC2(CC2)COC(C)C(C)OC1. The van der Waals surface area contributed by atoms with E-state index >= 15 is 0 Å². The van der Waals surface area contributed by atoms with Gasteiger partial charge in [-0.05, 0) is 46.1 Å². The fraction of sp³-hybridized carbons (Fsp3) is 0.857. The van der Waals surface area contributed by atoms with E-state index in [-0.39, 0.29) is 17.6 Å². The Kier molecular flexibility index (Phi) is 3.79. The Balaban J connectivity index is 2.05. The predicted octanol–water partition coefficient (Wildman–Crippen LogP) is 2.90. The van der Waals surface area contributed by atoms with Crippen molar-refractivity contribution < 1.29 is 14.2 Å². The van der Waals surface area contributed by atoms with E-state index in [1.165, 1.54) is 18.4 Å². The normalized spacial score (nSPS) is 38.4. The summed E-state index contributed by atoms with van der Waals surface area (Å²) >= 11 is 0. The third-order valence-corrected chi connectivity index (χ3v) is 4.03. The lowest BCUT2D eigenvalue weighted by Crippen LogP contribution is -2.29. The Labute approximate surface area is 104 Å². The maximum atomic E-state index is 5.91. The molecule has 2 rings (SSSR count). The van der Waals surface area contributed by atoms with Crippen LogP contribution in [0.5, 0.6) is 0 Å². The van der Waals surface area contributed by atoms with Gasteiger partial charge in [-0.3, -0.25) is 0 Å². The van der Waals surface area contributed by atoms with Gasteiger partial charge in [0.1, 0.15) is 0 Å². The standard InChI is InChI=1S/C14H24O3/c1-10-7-15-12(3)13(4)17-9-14(5-6-14)8-16-11(10)2/h12-13H,5-9H2,1-4H3/b11-10-. The van der Waals surface area contributed by atoms with Crippen LogP contribution >= 0.6 is 0 Å². The fourth-order valence-corrected chi connectivity index (χ4v) is 1.83. The van der Waals surface area contributed by atoms with E-state index in [4.69, 9.17) is 14.2 Å². The van der Waals surface area contributed by atoms with Gasteiger partial charge in [-0.2, -0.15) is 0 Å². The van der Waals surface area contributed by atoms with Crippen molar-refractivity contribution in [2.24, 2.45) is 5.41 Å². The number of rotatable bonds is 0. The first-order chi connectivity index (χ1) is 8.02. The van der Waals surface area contributed by atoms with Crippen LogP contribution in [0.15, 0.2) is 11.3 Å². The van der Waals surface area contributed by atoms with Gasteiger partial charge in [0.25, 0.3) is 0 Å². The molecule has 0 saturated heterocycles. The van der Waals surface area contributed by atoms with Crippen molar-refractivity contribution in [1.29, 1.82) is 0 Å². The summed E-state index contributed by atoms with van der Waals surface area (Å²) in [5, 5.41) is 0. The highest BCUT2D eigenvalue weighted by Gasteiger charge is 2.44. The molecule has 0 bridgehead atoms. The average molecular weight is 240 g/mol. The largest absolute Gasteiger partial charge is 0.498 e. The monoisotopic (exact) mass is 240 g/mol. The van der Waals surface area contributed by atoms with Crippen LogP contribution in [0.1, 0.15) is 40.5 Å². The van der Waals surface area contributed by atoms with Crippen LogP contribution < -0.4 is 0 Å². The molecule has 3 nitrogen and oxygen atoms in total. The molecule has 0 aromatic rings. The molecular weight excluding hydrogens is 216 g/mol. The molecule has 1 heterocycles. The van der Waals surface area contributed by atoms with Crippen LogP contribution in [0.3, 0.4) is 0 Å². The maximum Gasteiger partial charge on any atom is 0.0955 e. The molecule has 17 heavy (non-hydrogen) atoms. The Hall–Kier alpha value is -0.540. The second-order valence-corrected chi connectivity index (χ2v) is 5.66. The van der Waals surface area contributed by atoms with Crippen molar-refractivity contribution in [2.75, 3.05) is 19.8 Å². The zero-order valence-corrected chi connectivity index (χ0v) is 11.4. The zero-order chi connectivity index (χ0) is 12.5. The average Bonchev–Trinajstić information content (AvgIpc) is 3.09. The van der Waals surface area contributed by atoms with Crippen molar-refractivity contribution in [3.63, 3.8) is 0 Å². The summed E-state index contributed by atoms with van der Waals surface area (Å²) in [6.45, 7) is 10.5. The molecular formula is C14H24O3. The van der Waals surface area contributed by atoms with Crippen LogP contribution in [-0.2, 0) is 14.2 Å². The molecule has 2 unspecified atom stereocenters. The van der Waals surface area contributed by atoms with Crippen molar-refractivity contribution in [1.82, 2.24) is 0 Å². The number of hydrogen-bond donors (Lipinski definition) is 0. The first-order valence-corrected chi connectivity index (χ1v) is 6.55. The predicted molar refractivity (Wildman–Crippen MR) is 66.8 cm³/mol. The van der Waals surface area contributed by atoms with Crippen LogP contribution in [0.2, 0.25) is 0 Å². The third kappa shape index (κ3) is 3.23. The summed E-state index contributed by atoms with van der Waals surface area (Å²) in [6, 6.07) is 0. The number of allylic oxidation sites excluding steroid dienone is 1. The van der Waals surface area contributed by atoms with Crippen LogP contribution in [-0.4, -0.2) is 32.0 Å². The summed E-state index contributed by atoms with van der Waals surface area (Å²) in [5.74, 6) is 1.01. The Morgan fingerprint density at radius 2 is 1.65 bits per heavy atom. The van der Waals surface area contributed by atoms with E-state index in [0.717, 1.165) is 19.0 Å². The van der Waals surface area contributed by atoms with Gasteiger partial charge in [0.05, 0.1) is 37.8 Å². The molecule has 3 heteroatoms. The van der Waals surface area contributed by atoms with Crippen molar-refractivity contribution in [2.45, 2.75) is 52.7 Å². The van der Waals surface area contributed by atoms with Gasteiger partial charge in [-0.15, -0.1) is 0 Å². The number of hydrogen-bond acceptors (Lipinski definition) is 3. The quantitative estimate of drug-likeness (QED) is 0.651. The first kappa shape index (κ1) is 12.9. The van der Waals surface area contributed by atoms with E-state index in [1.807, 2.05) is 6.92 Å². The highest BCUT2D eigenvalue weighted by atomic mass is 16.5. The van der Waals surface area contributed by atoms with Crippen LogP contribution in [0.25, 0.3) is 0 Å².